The lowest BCUT2D eigenvalue weighted by Gasteiger charge is -2.37. The van der Waals surface area contributed by atoms with E-state index >= 15 is 0 Å². The van der Waals surface area contributed by atoms with Crippen molar-refractivity contribution in [3.8, 4) is 5.75 Å². The average Bonchev–Trinajstić information content (AvgIpc) is 3.27. The number of anilines is 1. The summed E-state index contributed by atoms with van der Waals surface area (Å²) in [5.74, 6) is 2.56. The number of carbonyl (C=O) groups excluding carboxylic acids is 1. The standard InChI is InChI=1S/C22H35N5O2.HI/c1-23-22(25-11-10-24-21(28)16-18-6-3-4-7-18)27-14-12-26(13-15-27)19-8-5-9-20(17-19)29-2;/h5,8-9,17-18H,3-4,6-7,10-16H2,1-2H3,(H,23,25)(H,24,28);1H. The van der Waals surface area contributed by atoms with Gasteiger partial charge in [-0.2, -0.15) is 0 Å². The molecule has 1 saturated carbocycles. The molecule has 1 saturated heterocycles. The second-order valence-corrected chi connectivity index (χ2v) is 7.85. The van der Waals surface area contributed by atoms with Crippen molar-refractivity contribution in [1.29, 1.82) is 0 Å². The lowest BCUT2D eigenvalue weighted by molar-refractivity contribution is -0.121. The maximum absolute atomic E-state index is 12.0. The molecule has 2 fully saturated rings. The van der Waals surface area contributed by atoms with Gasteiger partial charge in [0.25, 0.3) is 0 Å². The highest BCUT2D eigenvalue weighted by molar-refractivity contribution is 14.0. The smallest absolute Gasteiger partial charge is 0.220 e. The minimum Gasteiger partial charge on any atom is -0.497 e. The molecule has 1 aromatic carbocycles. The van der Waals surface area contributed by atoms with Gasteiger partial charge in [0.05, 0.1) is 7.11 Å². The van der Waals surface area contributed by atoms with E-state index in [4.69, 9.17) is 4.74 Å². The second kappa shape index (κ2) is 12.9. The first-order valence-electron chi connectivity index (χ1n) is 10.8. The van der Waals surface area contributed by atoms with Gasteiger partial charge in [0, 0.05) is 64.5 Å². The normalized spacial score (nSPS) is 17.5. The Balaban J connectivity index is 0.00000320. The molecule has 0 spiro atoms. The van der Waals surface area contributed by atoms with E-state index < -0.39 is 0 Å². The number of hydrogen-bond donors (Lipinski definition) is 2. The second-order valence-electron chi connectivity index (χ2n) is 7.85. The summed E-state index contributed by atoms with van der Waals surface area (Å²) in [5, 5.41) is 6.42. The predicted octanol–water partition coefficient (Wildman–Crippen LogP) is 2.71. The highest BCUT2D eigenvalue weighted by atomic mass is 127. The molecular weight excluding hydrogens is 493 g/mol. The Morgan fingerprint density at radius 3 is 2.50 bits per heavy atom. The molecule has 1 aromatic rings. The molecule has 1 heterocycles. The average molecular weight is 529 g/mol. The van der Waals surface area contributed by atoms with Crippen molar-refractivity contribution in [3.63, 3.8) is 0 Å². The van der Waals surface area contributed by atoms with Crippen LogP contribution in [-0.2, 0) is 4.79 Å². The van der Waals surface area contributed by atoms with Crippen LogP contribution in [0.1, 0.15) is 32.1 Å². The minimum atomic E-state index is 0. The van der Waals surface area contributed by atoms with Crippen LogP contribution in [0.4, 0.5) is 5.69 Å². The summed E-state index contributed by atoms with van der Waals surface area (Å²) in [6.45, 7) is 5.02. The fourth-order valence-electron chi connectivity index (χ4n) is 4.24. The number of carbonyl (C=O) groups is 1. The zero-order valence-electron chi connectivity index (χ0n) is 18.2. The summed E-state index contributed by atoms with van der Waals surface area (Å²) in [4.78, 5) is 21.1. The molecule has 7 nitrogen and oxygen atoms in total. The number of aliphatic imine (C=N–C) groups is 1. The largest absolute Gasteiger partial charge is 0.497 e. The molecule has 3 rings (SSSR count). The molecule has 168 valence electrons. The molecule has 8 heteroatoms. The highest BCUT2D eigenvalue weighted by Crippen LogP contribution is 2.27. The van der Waals surface area contributed by atoms with Gasteiger partial charge in [0.15, 0.2) is 5.96 Å². The van der Waals surface area contributed by atoms with Gasteiger partial charge in [0.1, 0.15) is 5.75 Å². The molecule has 0 unspecified atom stereocenters. The molecule has 1 aliphatic carbocycles. The Morgan fingerprint density at radius 2 is 1.83 bits per heavy atom. The Labute approximate surface area is 197 Å². The summed E-state index contributed by atoms with van der Waals surface area (Å²) in [6.07, 6.45) is 5.66. The van der Waals surface area contributed by atoms with E-state index in [-0.39, 0.29) is 29.9 Å². The van der Waals surface area contributed by atoms with Gasteiger partial charge in [-0.3, -0.25) is 9.79 Å². The molecule has 0 radical (unpaired) electrons. The molecule has 0 bridgehead atoms. The zero-order valence-corrected chi connectivity index (χ0v) is 20.6. The van der Waals surface area contributed by atoms with Crippen LogP contribution in [-0.4, -0.2) is 70.2 Å². The Bertz CT molecular complexity index is 686. The molecule has 0 atom stereocenters. The van der Waals surface area contributed by atoms with Crippen LogP contribution < -0.4 is 20.3 Å². The maximum Gasteiger partial charge on any atom is 0.220 e. The van der Waals surface area contributed by atoms with Crippen molar-refractivity contribution in [2.45, 2.75) is 32.1 Å². The highest BCUT2D eigenvalue weighted by Gasteiger charge is 2.20. The minimum absolute atomic E-state index is 0. The Morgan fingerprint density at radius 1 is 1.13 bits per heavy atom. The van der Waals surface area contributed by atoms with Crippen LogP contribution in [0.15, 0.2) is 29.3 Å². The van der Waals surface area contributed by atoms with Crippen molar-refractivity contribution < 1.29 is 9.53 Å². The number of methoxy groups -OCH3 is 1. The SMILES string of the molecule is CN=C(NCCNC(=O)CC1CCCC1)N1CCN(c2cccc(OC)c2)CC1.I. The Hall–Kier alpha value is -1.71. The van der Waals surface area contributed by atoms with Gasteiger partial charge in [0.2, 0.25) is 5.91 Å². The molecule has 2 N–H and O–H groups in total. The van der Waals surface area contributed by atoms with Crippen molar-refractivity contribution in [1.82, 2.24) is 15.5 Å². The third kappa shape index (κ3) is 7.21. The first-order valence-corrected chi connectivity index (χ1v) is 10.8. The van der Waals surface area contributed by atoms with Gasteiger partial charge >= 0.3 is 0 Å². The molecule has 1 amide bonds. The molecule has 1 aliphatic heterocycles. The van der Waals surface area contributed by atoms with Gasteiger partial charge in [-0.1, -0.05) is 18.9 Å². The first-order chi connectivity index (χ1) is 14.2. The van der Waals surface area contributed by atoms with E-state index in [1.54, 1.807) is 7.11 Å². The summed E-state index contributed by atoms with van der Waals surface area (Å²) in [7, 11) is 3.51. The molecule has 30 heavy (non-hydrogen) atoms. The lowest BCUT2D eigenvalue weighted by Crippen LogP contribution is -2.53. The van der Waals surface area contributed by atoms with Gasteiger partial charge in [-0.05, 0) is 30.9 Å². The molecular formula is C22H36IN5O2. The van der Waals surface area contributed by atoms with E-state index in [0.29, 0.717) is 25.4 Å². The number of halogens is 1. The quantitative estimate of drug-likeness (QED) is 0.246. The lowest BCUT2D eigenvalue weighted by atomic mass is 10.0. The fourth-order valence-corrected chi connectivity index (χ4v) is 4.24. The number of ether oxygens (including phenoxy) is 1. The topological polar surface area (TPSA) is 69.2 Å². The number of rotatable bonds is 7. The maximum atomic E-state index is 12.0. The van der Waals surface area contributed by atoms with Gasteiger partial charge in [-0.25, -0.2) is 0 Å². The number of nitrogens with one attached hydrogen (secondary N) is 2. The van der Waals surface area contributed by atoms with Crippen LogP contribution >= 0.6 is 24.0 Å². The number of hydrogen-bond acceptors (Lipinski definition) is 4. The van der Waals surface area contributed by atoms with E-state index in [0.717, 1.165) is 37.9 Å². The van der Waals surface area contributed by atoms with Crippen LogP contribution in [0.25, 0.3) is 0 Å². The first kappa shape index (κ1) is 24.6. The van der Waals surface area contributed by atoms with Crippen molar-refractivity contribution in [2.75, 3.05) is 58.3 Å². The number of guanidine groups is 1. The third-order valence-corrected chi connectivity index (χ3v) is 5.89. The van der Waals surface area contributed by atoms with E-state index in [2.05, 4.69) is 37.6 Å². The van der Waals surface area contributed by atoms with E-state index in [9.17, 15) is 4.79 Å². The number of amides is 1. The number of nitrogens with zero attached hydrogens (tertiary/aromatic N) is 3. The van der Waals surface area contributed by atoms with Crippen LogP contribution in [0.3, 0.4) is 0 Å². The zero-order chi connectivity index (χ0) is 20.5. The Kier molecular flexibility index (Phi) is 10.5. The van der Waals surface area contributed by atoms with Crippen molar-refractivity contribution in [3.05, 3.63) is 24.3 Å². The third-order valence-electron chi connectivity index (χ3n) is 5.89. The summed E-state index contributed by atoms with van der Waals surface area (Å²) >= 11 is 0. The van der Waals surface area contributed by atoms with E-state index in [1.165, 1.54) is 31.4 Å². The summed E-state index contributed by atoms with van der Waals surface area (Å²) in [5.41, 5.74) is 1.19. The van der Waals surface area contributed by atoms with Crippen molar-refractivity contribution in [2.24, 2.45) is 10.9 Å². The van der Waals surface area contributed by atoms with Gasteiger partial charge < -0.3 is 25.2 Å². The van der Waals surface area contributed by atoms with Crippen molar-refractivity contribution >= 4 is 41.5 Å². The fraction of sp³-hybridized carbons (Fsp3) is 0.636. The van der Waals surface area contributed by atoms with Crippen LogP contribution in [0, 0.1) is 5.92 Å². The molecule has 2 aliphatic rings. The van der Waals surface area contributed by atoms with Gasteiger partial charge in [-0.15, -0.1) is 24.0 Å². The predicted molar refractivity (Wildman–Crippen MR) is 133 cm³/mol. The molecule has 0 aromatic heterocycles. The van der Waals surface area contributed by atoms with E-state index in [1.807, 2.05) is 19.2 Å². The summed E-state index contributed by atoms with van der Waals surface area (Å²) < 4.78 is 5.33. The van der Waals surface area contributed by atoms with Crippen LogP contribution in [0.2, 0.25) is 0 Å². The van der Waals surface area contributed by atoms with Crippen LogP contribution in [0.5, 0.6) is 5.75 Å². The summed E-state index contributed by atoms with van der Waals surface area (Å²) in [6, 6.07) is 8.20. The monoisotopic (exact) mass is 529 g/mol. The number of benzene rings is 1. The number of piperazine rings is 1.